The number of ether oxygens (including phenoxy) is 1. The van der Waals surface area contributed by atoms with Gasteiger partial charge in [0.2, 0.25) is 0 Å². The van der Waals surface area contributed by atoms with E-state index in [2.05, 4.69) is 24.3 Å². The average Bonchev–Trinajstić information content (AvgIpc) is 3.12. The highest BCUT2D eigenvalue weighted by atomic mass is 32.2. The van der Waals surface area contributed by atoms with Gasteiger partial charge in [-0.2, -0.15) is 0 Å². The number of carbonyl (C=O) groups excluding carboxylic acids is 2. The van der Waals surface area contributed by atoms with Gasteiger partial charge in [-0.05, 0) is 69.6 Å². The van der Waals surface area contributed by atoms with Gasteiger partial charge in [-0.25, -0.2) is 4.39 Å². The van der Waals surface area contributed by atoms with Crippen LogP contribution in [0, 0.1) is 5.82 Å². The summed E-state index contributed by atoms with van der Waals surface area (Å²) in [4.78, 5) is 26.6. The number of hydrogen-bond donors (Lipinski definition) is 0. The molecule has 1 aliphatic heterocycles. The summed E-state index contributed by atoms with van der Waals surface area (Å²) in [6.07, 6.45) is 1.70. The van der Waals surface area contributed by atoms with Crippen LogP contribution in [0.15, 0.2) is 95.9 Å². The molecule has 6 heteroatoms. The smallest absolute Gasteiger partial charge is 0.293 e. The molecule has 4 nitrogen and oxygen atoms in total. The second-order valence-corrected chi connectivity index (χ2v) is 8.88. The van der Waals surface area contributed by atoms with Crippen molar-refractivity contribution >= 4 is 39.8 Å². The van der Waals surface area contributed by atoms with Gasteiger partial charge in [0.05, 0.1) is 11.4 Å². The van der Waals surface area contributed by atoms with E-state index in [9.17, 15) is 14.0 Å². The van der Waals surface area contributed by atoms with Crippen molar-refractivity contribution in [1.29, 1.82) is 0 Å². The van der Waals surface area contributed by atoms with E-state index in [0.29, 0.717) is 17.1 Å². The summed E-state index contributed by atoms with van der Waals surface area (Å²) in [6, 6.07) is 27.5. The first-order chi connectivity index (χ1) is 16.6. The Balaban J connectivity index is 1.25. The summed E-state index contributed by atoms with van der Waals surface area (Å²) in [5, 5.41) is 2.00. The second kappa shape index (κ2) is 9.53. The lowest BCUT2D eigenvalue weighted by Crippen LogP contribution is -2.27. The molecule has 1 heterocycles. The van der Waals surface area contributed by atoms with E-state index in [4.69, 9.17) is 4.74 Å². The van der Waals surface area contributed by atoms with Crippen LogP contribution in [0.2, 0.25) is 0 Å². The van der Waals surface area contributed by atoms with Crippen molar-refractivity contribution in [3.63, 3.8) is 0 Å². The molecule has 0 radical (unpaired) electrons. The molecular formula is C28H20FNO3S. The molecule has 5 rings (SSSR count). The maximum absolute atomic E-state index is 13.1. The zero-order valence-corrected chi connectivity index (χ0v) is 18.9. The second-order valence-electron chi connectivity index (χ2n) is 7.89. The van der Waals surface area contributed by atoms with Gasteiger partial charge in [0.15, 0.2) is 0 Å². The van der Waals surface area contributed by atoms with Crippen LogP contribution in [0.3, 0.4) is 0 Å². The van der Waals surface area contributed by atoms with Gasteiger partial charge in [0.25, 0.3) is 11.1 Å². The Morgan fingerprint density at radius 3 is 2.38 bits per heavy atom. The fourth-order valence-corrected chi connectivity index (χ4v) is 4.64. The lowest BCUT2D eigenvalue weighted by molar-refractivity contribution is -0.123. The zero-order valence-electron chi connectivity index (χ0n) is 18.1. The molecule has 0 atom stereocenters. The molecule has 1 saturated heterocycles. The number of hydrogen-bond acceptors (Lipinski definition) is 4. The third-order valence-corrected chi connectivity index (χ3v) is 6.49. The minimum atomic E-state index is -0.359. The number of thioether (sulfide) groups is 1. The molecule has 4 aromatic carbocycles. The van der Waals surface area contributed by atoms with Crippen molar-refractivity contribution in [1.82, 2.24) is 4.90 Å². The normalized spacial score (nSPS) is 14.9. The zero-order chi connectivity index (χ0) is 23.5. The van der Waals surface area contributed by atoms with Crippen LogP contribution < -0.4 is 4.74 Å². The average molecular weight is 470 g/mol. The molecule has 0 bridgehead atoms. The molecule has 34 heavy (non-hydrogen) atoms. The number of fused-ring (bicyclic) bond motifs is 1. The van der Waals surface area contributed by atoms with E-state index in [1.54, 1.807) is 18.2 Å². The standard InChI is InChI=1S/C28H20FNO3S/c29-23-12-8-20(9-13-23)17-30-27(31)26(34-28(30)32)16-19-10-14-24(15-11-19)33-18-22-6-3-5-21-4-1-2-7-25(21)22/h1-16H,17-18H2/b26-16-. The first-order valence-electron chi connectivity index (χ1n) is 10.8. The maximum atomic E-state index is 13.1. The molecule has 168 valence electrons. The third-order valence-electron chi connectivity index (χ3n) is 5.58. The van der Waals surface area contributed by atoms with Gasteiger partial charge >= 0.3 is 0 Å². The molecule has 0 aromatic heterocycles. The van der Waals surface area contributed by atoms with Gasteiger partial charge in [-0.15, -0.1) is 0 Å². The maximum Gasteiger partial charge on any atom is 0.293 e. The number of nitrogens with zero attached hydrogens (tertiary/aromatic N) is 1. The molecule has 0 unspecified atom stereocenters. The van der Waals surface area contributed by atoms with E-state index in [-0.39, 0.29) is 23.5 Å². The Morgan fingerprint density at radius 2 is 1.59 bits per heavy atom. The number of halogens is 1. The van der Waals surface area contributed by atoms with E-state index in [1.807, 2.05) is 42.5 Å². The van der Waals surface area contributed by atoms with Gasteiger partial charge in [0, 0.05) is 0 Å². The predicted octanol–water partition coefficient (Wildman–Crippen LogP) is 6.79. The highest BCUT2D eigenvalue weighted by Crippen LogP contribution is 2.33. The molecule has 1 aliphatic rings. The largest absolute Gasteiger partial charge is 0.489 e. The number of amides is 2. The molecule has 0 N–H and O–H groups in total. The molecule has 4 aromatic rings. The monoisotopic (exact) mass is 469 g/mol. The van der Waals surface area contributed by atoms with Crippen LogP contribution in [0.25, 0.3) is 16.8 Å². The Labute approximate surface area is 200 Å². The van der Waals surface area contributed by atoms with Crippen LogP contribution in [-0.4, -0.2) is 16.0 Å². The molecule has 0 aliphatic carbocycles. The topological polar surface area (TPSA) is 46.6 Å². The van der Waals surface area contributed by atoms with Crippen LogP contribution in [-0.2, 0) is 17.9 Å². The summed E-state index contributed by atoms with van der Waals surface area (Å²) in [5.41, 5.74) is 2.60. The minimum Gasteiger partial charge on any atom is -0.489 e. The fraction of sp³-hybridized carbons (Fsp3) is 0.0714. The first kappa shape index (κ1) is 21.9. The van der Waals surface area contributed by atoms with Crippen molar-refractivity contribution in [2.24, 2.45) is 0 Å². The SMILES string of the molecule is O=C1S/C(=C\c2ccc(OCc3cccc4ccccc34)cc2)C(=O)N1Cc1ccc(F)cc1. The molecule has 0 spiro atoms. The lowest BCUT2D eigenvalue weighted by atomic mass is 10.1. The number of carbonyl (C=O) groups is 2. The predicted molar refractivity (Wildman–Crippen MR) is 133 cm³/mol. The van der Waals surface area contributed by atoms with Crippen LogP contribution in [0.1, 0.15) is 16.7 Å². The fourth-order valence-electron chi connectivity index (χ4n) is 3.80. The number of imide groups is 1. The Bertz CT molecular complexity index is 1390. The lowest BCUT2D eigenvalue weighted by Gasteiger charge is -2.12. The van der Waals surface area contributed by atoms with Gasteiger partial charge < -0.3 is 4.74 Å². The minimum absolute atomic E-state index is 0.114. The number of benzene rings is 4. The van der Waals surface area contributed by atoms with Crippen LogP contribution in [0.5, 0.6) is 5.75 Å². The summed E-state index contributed by atoms with van der Waals surface area (Å²) in [5.74, 6) is 0.00689. The quantitative estimate of drug-likeness (QED) is 0.292. The van der Waals surface area contributed by atoms with Crippen LogP contribution >= 0.6 is 11.8 Å². The van der Waals surface area contributed by atoms with Crippen molar-refractivity contribution in [3.05, 3.63) is 118 Å². The highest BCUT2D eigenvalue weighted by molar-refractivity contribution is 8.18. The summed E-state index contributed by atoms with van der Waals surface area (Å²) in [7, 11) is 0. The third kappa shape index (κ3) is 4.72. The Morgan fingerprint density at radius 1 is 0.853 bits per heavy atom. The Kier molecular flexibility index (Phi) is 6.14. The molecule has 1 fully saturated rings. The van der Waals surface area contributed by atoms with Crippen molar-refractivity contribution < 1.29 is 18.7 Å². The van der Waals surface area contributed by atoms with Crippen molar-refractivity contribution in [2.45, 2.75) is 13.2 Å². The van der Waals surface area contributed by atoms with E-state index < -0.39 is 0 Å². The van der Waals surface area contributed by atoms with Gasteiger partial charge in [-0.1, -0.05) is 66.7 Å². The van der Waals surface area contributed by atoms with E-state index in [0.717, 1.165) is 34.0 Å². The van der Waals surface area contributed by atoms with E-state index in [1.165, 1.54) is 22.4 Å². The number of rotatable bonds is 6. The summed E-state index contributed by atoms with van der Waals surface area (Å²) < 4.78 is 19.1. The molecular weight excluding hydrogens is 449 g/mol. The highest BCUT2D eigenvalue weighted by Gasteiger charge is 2.34. The Hall–Kier alpha value is -3.90. The molecule has 2 amide bonds. The van der Waals surface area contributed by atoms with Crippen molar-refractivity contribution in [2.75, 3.05) is 0 Å². The van der Waals surface area contributed by atoms with Crippen LogP contribution in [0.4, 0.5) is 9.18 Å². The van der Waals surface area contributed by atoms with Gasteiger partial charge in [0.1, 0.15) is 18.2 Å². The van der Waals surface area contributed by atoms with Gasteiger partial charge in [-0.3, -0.25) is 14.5 Å². The molecule has 0 saturated carbocycles. The van der Waals surface area contributed by atoms with Crippen molar-refractivity contribution in [3.8, 4) is 5.75 Å². The van der Waals surface area contributed by atoms with E-state index >= 15 is 0 Å². The summed E-state index contributed by atoms with van der Waals surface area (Å²) >= 11 is 0.905. The first-order valence-corrected chi connectivity index (χ1v) is 11.6. The summed E-state index contributed by atoms with van der Waals surface area (Å²) in [6.45, 7) is 0.562.